The minimum Gasteiger partial charge on any atom is -0.497 e. The molecule has 190 valence electrons. The molecule has 0 aliphatic carbocycles. The summed E-state index contributed by atoms with van der Waals surface area (Å²) >= 11 is 1.24. The van der Waals surface area contributed by atoms with Crippen LogP contribution in [0.5, 0.6) is 11.5 Å². The van der Waals surface area contributed by atoms with Crippen LogP contribution in [-0.4, -0.2) is 43.0 Å². The van der Waals surface area contributed by atoms with Gasteiger partial charge < -0.3 is 14.4 Å². The van der Waals surface area contributed by atoms with Crippen molar-refractivity contribution in [3.05, 3.63) is 90.1 Å². The first-order chi connectivity index (χ1) is 17.9. The number of nitrogens with zero attached hydrogens (tertiary/aromatic N) is 3. The van der Waals surface area contributed by atoms with Crippen LogP contribution in [0.3, 0.4) is 0 Å². The number of methoxy groups -OCH3 is 2. The average molecular weight is 516 g/mol. The van der Waals surface area contributed by atoms with E-state index in [2.05, 4.69) is 4.99 Å². The van der Waals surface area contributed by atoms with Gasteiger partial charge in [-0.1, -0.05) is 42.1 Å². The molecule has 37 heavy (non-hydrogen) atoms. The molecule has 0 atom stereocenters. The molecular formula is C29H29N3O4S. The summed E-state index contributed by atoms with van der Waals surface area (Å²) in [6.07, 6.45) is 1.73. The average Bonchev–Trinajstić information content (AvgIpc) is 3.23. The second-order valence-electron chi connectivity index (χ2n) is 8.52. The third-order valence-corrected chi connectivity index (χ3v) is 6.65. The molecule has 0 aromatic heterocycles. The van der Waals surface area contributed by atoms with E-state index in [-0.39, 0.29) is 23.6 Å². The number of hydrogen-bond donors (Lipinski definition) is 0. The van der Waals surface area contributed by atoms with Crippen LogP contribution in [0, 0.1) is 0 Å². The van der Waals surface area contributed by atoms with Gasteiger partial charge in [0, 0.05) is 11.7 Å². The van der Waals surface area contributed by atoms with E-state index in [1.807, 2.05) is 68.4 Å². The van der Waals surface area contributed by atoms with E-state index in [4.69, 9.17) is 9.47 Å². The fourth-order valence-corrected chi connectivity index (χ4v) is 4.80. The zero-order valence-corrected chi connectivity index (χ0v) is 22.1. The third kappa shape index (κ3) is 6.03. The lowest BCUT2D eigenvalue weighted by Crippen LogP contribution is -2.39. The van der Waals surface area contributed by atoms with Gasteiger partial charge in [0.15, 0.2) is 5.17 Å². The Bertz CT molecular complexity index is 1300. The Kier molecular flexibility index (Phi) is 8.30. The Morgan fingerprint density at radius 3 is 2.11 bits per heavy atom. The lowest BCUT2D eigenvalue weighted by molar-refractivity contribution is -0.116. The second-order valence-corrected chi connectivity index (χ2v) is 9.46. The normalized spacial score (nSPS) is 14.2. The van der Waals surface area contributed by atoms with Crippen molar-refractivity contribution >= 4 is 46.2 Å². The summed E-state index contributed by atoms with van der Waals surface area (Å²) < 4.78 is 10.5. The standard InChI is InChI=1S/C29H29N3O4S/c1-20(2)31(22-8-6-5-7-9-22)27(33)19-37-29-30-26(18-21-10-14-24(35-3)15-11-21)28(34)32(29)23-12-16-25(36-4)17-13-23/h5-18,20H,19H2,1-4H3. The highest BCUT2D eigenvalue weighted by Crippen LogP contribution is 2.31. The summed E-state index contributed by atoms with van der Waals surface area (Å²) in [4.78, 5) is 34.7. The van der Waals surface area contributed by atoms with Crippen LogP contribution >= 0.6 is 11.8 Å². The van der Waals surface area contributed by atoms with Gasteiger partial charge in [-0.15, -0.1) is 0 Å². The Balaban J connectivity index is 1.62. The Morgan fingerprint density at radius 1 is 0.946 bits per heavy atom. The molecule has 8 heteroatoms. The zero-order valence-electron chi connectivity index (χ0n) is 21.3. The van der Waals surface area contributed by atoms with Gasteiger partial charge in [-0.25, -0.2) is 4.99 Å². The lowest BCUT2D eigenvalue weighted by atomic mass is 10.2. The highest BCUT2D eigenvalue weighted by atomic mass is 32.2. The van der Waals surface area contributed by atoms with Crippen LogP contribution in [0.2, 0.25) is 0 Å². The summed E-state index contributed by atoms with van der Waals surface area (Å²) in [5.41, 5.74) is 2.59. The molecule has 0 saturated carbocycles. The van der Waals surface area contributed by atoms with Gasteiger partial charge in [-0.05, 0) is 74.0 Å². The molecule has 2 amide bonds. The highest BCUT2D eigenvalue weighted by Gasteiger charge is 2.33. The topological polar surface area (TPSA) is 71.4 Å². The number of para-hydroxylation sites is 1. The monoisotopic (exact) mass is 515 g/mol. The van der Waals surface area contributed by atoms with Crippen molar-refractivity contribution in [3.63, 3.8) is 0 Å². The minimum atomic E-state index is -0.264. The maximum absolute atomic E-state index is 13.5. The quantitative estimate of drug-likeness (QED) is 0.364. The first-order valence-corrected chi connectivity index (χ1v) is 12.8. The fourth-order valence-electron chi connectivity index (χ4n) is 3.92. The smallest absolute Gasteiger partial charge is 0.283 e. The number of carbonyl (C=O) groups excluding carboxylic acids is 2. The first kappa shape index (κ1) is 26.0. The number of hydrogen-bond acceptors (Lipinski definition) is 6. The van der Waals surface area contributed by atoms with Crippen LogP contribution < -0.4 is 19.3 Å². The predicted molar refractivity (Wildman–Crippen MR) is 150 cm³/mol. The van der Waals surface area contributed by atoms with Crippen LogP contribution in [0.4, 0.5) is 11.4 Å². The fraction of sp³-hybridized carbons (Fsp3) is 0.207. The number of rotatable bonds is 8. The molecule has 0 unspecified atom stereocenters. The Hall–Kier alpha value is -4.04. The molecule has 0 N–H and O–H groups in total. The zero-order chi connectivity index (χ0) is 26.4. The lowest BCUT2D eigenvalue weighted by Gasteiger charge is -2.27. The molecule has 7 nitrogen and oxygen atoms in total. The maximum atomic E-state index is 13.5. The van der Waals surface area contributed by atoms with E-state index in [0.717, 1.165) is 17.0 Å². The number of aliphatic imine (C=N–C) groups is 1. The molecule has 3 aromatic carbocycles. The Labute approximate surface area is 221 Å². The van der Waals surface area contributed by atoms with Gasteiger partial charge in [-0.2, -0.15) is 0 Å². The van der Waals surface area contributed by atoms with Gasteiger partial charge in [0.1, 0.15) is 17.2 Å². The predicted octanol–water partition coefficient (Wildman–Crippen LogP) is 5.62. The molecule has 0 spiro atoms. The number of ether oxygens (including phenoxy) is 2. The van der Waals surface area contributed by atoms with Crippen molar-refractivity contribution in [1.29, 1.82) is 0 Å². The van der Waals surface area contributed by atoms with Crippen molar-refractivity contribution in [1.82, 2.24) is 0 Å². The summed E-state index contributed by atoms with van der Waals surface area (Å²) in [5.74, 6) is 1.21. The van der Waals surface area contributed by atoms with E-state index in [0.29, 0.717) is 22.3 Å². The molecule has 1 aliphatic heterocycles. The van der Waals surface area contributed by atoms with Gasteiger partial charge in [0.2, 0.25) is 5.91 Å². The Morgan fingerprint density at radius 2 is 1.54 bits per heavy atom. The summed E-state index contributed by atoms with van der Waals surface area (Å²) in [6, 6.07) is 24.1. The summed E-state index contributed by atoms with van der Waals surface area (Å²) in [7, 11) is 3.20. The van der Waals surface area contributed by atoms with Gasteiger partial charge in [0.05, 0.1) is 25.7 Å². The van der Waals surface area contributed by atoms with E-state index in [9.17, 15) is 9.59 Å². The van der Waals surface area contributed by atoms with Crippen LogP contribution in [0.15, 0.2) is 89.6 Å². The third-order valence-electron chi connectivity index (χ3n) is 5.72. The van der Waals surface area contributed by atoms with Gasteiger partial charge in [-0.3, -0.25) is 14.5 Å². The molecule has 0 fully saturated rings. The molecule has 1 aliphatic rings. The maximum Gasteiger partial charge on any atom is 0.283 e. The number of amides is 2. The van der Waals surface area contributed by atoms with Crippen LogP contribution in [0.1, 0.15) is 19.4 Å². The molecular weight excluding hydrogens is 486 g/mol. The SMILES string of the molecule is COc1ccc(C=C2N=C(SCC(=O)N(c3ccccc3)C(C)C)N(c3ccc(OC)cc3)C2=O)cc1. The second kappa shape index (κ2) is 11.8. The van der Waals surface area contributed by atoms with Crippen molar-refractivity contribution in [2.75, 3.05) is 29.8 Å². The summed E-state index contributed by atoms with van der Waals surface area (Å²) in [5, 5.41) is 0.444. The van der Waals surface area contributed by atoms with E-state index >= 15 is 0 Å². The molecule has 1 heterocycles. The van der Waals surface area contributed by atoms with E-state index in [1.54, 1.807) is 49.5 Å². The number of benzene rings is 3. The van der Waals surface area contributed by atoms with E-state index in [1.165, 1.54) is 16.7 Å². The molecule has 0 saturated heterocycles. The largest absolute Gasteiger partial charge is 0.497 e. The van der Waals surface area contributed by atoms with Gasteiger partial charge >= 0.3 is 0 Å². The minimum absolute atomic E-state index is 0.0223. The summed E-state index contributed by atoms with van der Waals surface area (Å²) in [6.45, 7) is 3.96. The molecule has 0 bridgehead atoms. The first-order valence-electron chi connectivity index (χ1n) is 11.8. The van der Waals surface area contributed by atoms with Crippen LogP contribution in [0.25, 0.3) is 6.08 Å². The number of anilines is 2. The van der Waals surface area contributed by atoms with Crippen molar-refractivity contribution in [2.45, 2.75) is 19.9 Å². The molecule has 0 radical (unpaired) electrons. The van der Waals surface area contributed by atoms with Crippen molar-refractivity contribution < 1.29 is 19.1 Å². The van der Waals surface area contributed by atoms with Gasteiger partial charge in [0.25, 0.3) is 5.91 Å². The van der Waals surface area contributed by atoms with Crippen molar-refractivity contribution in [2.24, 2.45) is 4.99 Å². The number of thioether (sulfide) groups is 1. The van der Waals surface area contributed by atoms with E-state index < -0.39 is 0 Å². The molecule has 4 rings (SSSR count). The van der Waals surface area contributed by atoms with Crippen LogP contribution in [-0.2, 0) is 9.59 Å². The van der Waals surface area contributed by atoms with Crippen molar-refractivity contribution in [3.8, 4) is 11.5 Å². The number of carbonyl (C=O) groups is 2. The number of amidine groups is 1. The highest BCUT2D eigenvalue weighted by molar-refractivity contribution is 8.14. The molecule has 3 aromatic rings.